The fourth-order valence-corrected chi connectivity index (χ4v) is 6.40. The third-order valence-electron chi connectivity index (χ3n) is 5.36. The number of anilines is 1. The molecule has 0 fully saturated rings. The van der Waals surface area contributed by atoms with E-state index in [1.807, 2.05) is 11.5 Å². The van der Waals surface area contributed by atoms with Crippen molar-refractivity contribution in [2.24, 2.45) is 0 Å². The van der Waals surface area contributed by atoms with Gasteiger partial charge in [0.05, 0.1) is 12.9 Å². The molecule has 0 unspecified atom stereocenters. The maximum atomic E-state index is 13.4. The molecule has 1 amide bonds. The molecule has 0 radical (unpaired) electrons. The summed E-state index contributed by atoms with van der Waals surface area (Å²) in [6.07, 6.45) is 2.12. The number of halogens is 1. The van der Waals surface area contributed by atoms with E-state index in [2.05, 4.69) is 33.9 Å². The number of thioether (sulfide) groups is 1. The van der Waals surface area contributed by atoms with Gasteiger partial charge >= 0.3 is 5.97 Å². The van der Waals surface area contributed by atoms with Crippen LogP contribution < -0.4 is 5.32 Å². The van der Waals surface area contributed by atoms with Gasteiger partial charge in [0.2, 0.25) is 5.91 Å². The van der Waals surface area contributed by atoms with E-state index in [1.54, 1.807) is 28.8 Å². The highest BCUT2D eigenvalue weighted by molar-refractivity contribution is 7.99. The molecule has 0 saturated carbocycles. The molecule has 4 aromatic rings. The molecule has 1 aromatic carbocycles. The van der Waals surface area contributed by atoms with Gasteiger partial charge in [0.1, 0.15) is 16.4 Å². The van der Waals surface area contributed by atoms with Crippen LogP contribution >= 0.6 is 34.4 Å². The fraction of sp³-hybridized carbons (Fsp3) is 0.280. The fourth-order valence-electron chi connectivity index (χ4n) is 3.66. The summed E-state index contributed by atoms with van der Waals surface area (Å²) in [6.45, 7) is 4.84. The molecule has 0 aliphatic carbocycles. The topological polar surface area (TPSA) is 86.1 Å². The van der Waals surface area contributed by atoms with Crippen LogP contribution in [0.1, 0.15) is 35.5 Å². The van der Waals surface area contributed by atoms with Crippen LogP contribution in [0.4, 0.5) is 9.39 Å². The Hall–Kier alpha value is -3.02. The minimum absolute atomic E-state index is 0.0905. The number of aromatic nitrogens is 3. The minimum atomic E-state index is -0.577. The van der Waals surface area contributed by atoms with Crippen LogP contribution in [0.3, 0.4) is 0 Å². The molecular weight excluding hydrogens is 519 g/mol. The Kier molecular flexibility index (Phi) is 8.55. The lowest BCUT2D eigenvalue weighted by atomic mass is 10.0. The maximum Gasteiger partial charge on any atom is 0.341 e. The number of carbonyl (C=O) groups excluding carboxylic acids is 2. The van der Waals surface area contributed by atoms with E-state index in [-0.39, 0.29) is 23.0 Å². The number of rotatable bonds is 10. The van der Waals surface area contributed by atoms with E-state index in [9.17, 15) is 14.0 Å². The first kappa shape index (κ1) is 26.1. The molecule has 188 valence electrons. The van der Waals surface area contributed by atoms with E-state index < -0.39 is 5.97 Å². The highest BCUT2D eigenvalue weighted by atomic mass is 32.2. The molecule has 4 rings (SSSR count). The number of thiophene rings is 2. The van der Waals surface area contributed by atoms with Crippen LogP contribution in [-0.4, -0.2) is 39.5 Å². The Morgan fingerprint density at radius 3 is 2.58 bits per heavy atom. The van der Waals surface area contributed by atoms with Crippen molar-refractivity contribution in [2.45, 2.75) is 38.4 Å². The first-order valence-electron chi connectivity index (χ1n) is 11.3. The SMILES string of the molecule is CCCc1cc(-c2nnc(SCC(=O)Nc3scc(-c4ccc(F)cc4)c3C(=O)OC)n2CC)cs1. The molecule has 3 heterocycles. The van der Waals surface area contributed by atoms with E-state index in [1.165, 1.54) is 47.2 Å². The predicted molar refractivity (Wildman–Crippen MR) is 143 cm³/mol. The van der Waals surface area contributed by atoms with Crippen molar-refractivity contribution >= 4 is 51.3 Å². The summed E-state index contributed by atoms with van der Waals surface area (Å²) in [5, 5.41) is 16.4. The normalized spacial score (nSPS) is 11.0. The number of methoxy groups -OCH3 is 1. The number of benzene rings is 1. The van der Waals surface area contributed by atoms with Crippen LogP contribution in [0.25, 0.3) is 22.5 Å². The number of esters is 1. The van der Waals surface area contributed by atoms with Gasteiger partial charge in [-0.05, 0) is 37.1 Å². The zero-order valence-electron chi connectivity index (χ0n) is 20.0. The molecule has 7 nitrogen and oxygen atoms in total. The highest BCUT2D eigenvalue weighted by Crippen LogP contribution is 2.36. The summed E-state index contributed by atoms with van der Waals surface area (Å²) >= 11 is 4.22. The van der Waals surface area contributed by atoms with Gasteiger partial charge in [-0.2, -0.15) is 0 Å². The van der Waals surface area contributed by atoms with E-state index in [0.717, 1.165) is 24.2 Å². The molecular formula is C25H25FN4O3S3. The number of nitrogens with one attached hydrogen (secondary N) is 1. The summed E-state index contributed by atoms with van der Waals surface area (Å²) in [6, 6.07) is 7.96. The lowest BCUT2D eigenvalue weighted by molar-refractivity contribution is -0.113. The van der Waals surface area contributed by atoms with Gasteiger partial charge in [-0.25, -0.2) is 9.18 Å². The first-order chi connectivity index (χ1) is 17.4. The highest BCUT2D eigenvalue weighted by Gasteiger charge is 2.23. The Labute approximate surface area is 220 Å². The largest absolute Gasteiger partial charge is 0.465 e. The molecule has 36 heavy (non-hydrogen) atoms. The third kappa shape index (κ3) is 5.69. The van der Waals surface area contributed by atoms with Crippen molar-refractivity contribution in [3.63, 3.8) is 0 Å². The van der Waals surface area contributed by atoms with E-state index in [4.69, 9.17) is 4.74 Å². The monoisotopic (exact) mass is 544 g/mol. The van der Waals surface area contributed by atoms with Crippen LogP contribution in [0.15, 0.2) is 46.2 Å². The molecule has 0 aliphatic heterocycles. The molecule has 0 spiro atoms. The number of carbonyl (C=O) groups is 2. The average Bonchev–Trinajstić information content (AvgIpc) is 3.61. The Balaban J connectivity index is 1.48. The van der Waals surface area contributed by atoms with Crippen molar-refractivity contribution in [1.82, 2.24) is 14.8 Å². The summed E-state index contributed by atoms with van der Waals surface area (Å²) in [4.78, 5) is 26.6. The van der Waals surface area contributed by atoms with Crippen LogP contribution in [0.5, 0.6) is 0 Å². The summed E-state index contributed by atoms with van der Waals surface area (Å²) in [5.41, 5.74) is 2.50. The lowest BCUT2D eigenvalue weighted by Crippen LogP contribution is -2.16. The Bertz CT molecular complexity index is 1360. The lowest BCUT2D eigenvalue weighted by Gasteiger charge is -2.08. The van der Waals surface area contributed by atoms with Crippen LogP contribution in [-0.2, 0) is 22.5 Å². The van der Waals surface area contributed by atoms with Gasteiger partial charge in [0.25, 0.3) is 0 Å². The van der Waals surface area contributed by atoms with E-state index in [0.29, 0.717) is 27.8 Å². The zero-order valence-corrected chi connectivity index (χ0v) is 22.5. The summed E-state index contributed by atoms with van der Waals surface area (Å²) < 4.78 is 20.3. The van der Waals surface area contributed by atoms with Crippen molar-refractivity contribution in [1.29, 1.82) is 0 Å². The molecule has 0 bridgehead atoms. The zero-order chi connectivity index (χ0) is 25.7. The predicted octanol–water partition coefficient (Wildman–Crippen LogP) is 6.36. The Morgan fingerprint density at radius 1 is 1.11 bits per heavy atom. The second kappa shape index (κ2) is 11.8. The number of amides is 1. The van der Waals surface area contributed by atoms with Crippen molar-refractivity contribution in [2.75, 3.05) is 18.2 Å². The van der Waals surface area contributed by atoms with Gasteiger partial charge in [0, 0.05) is 33.3 Å². The van der Waals surface area contributed by atoms with Crippen molar-refractivity contribution in [3.05, 3.63) is 57.3 Å². The minimum Gasteiger partial charge on any atom is -0.465 e. The van der Waals surface area contributed by atoms with Crippen molar-refractivity contribution in [3.8, 4) is 22.5 Å². The Morgan fingerprint density at radius 2 is 1.89 bits per heavy atom. The quantitative estimate of drug-likeness (QED) is 0.185. The maximum absolute atomic E-state index is 13.4. The number of hydrogen-bond donors (Lipinski definition) is 1. The van der Waals surface area contributed by atoms with Gasteiger partial charge in [-0.1, -0.05) is 37.2 Å². The summed E-state index contributed by atoms with van der Waals surface area (Å²) in [5.74, 6) is -0.359. The number of hydrogen-bond acceptors (Lipinski definition) is 8. The smallest absolute Gasteiger partial charge is 0.341 e. The van der Waals surface area contributed by atoms with Crippen molar-refractivity contribution < 1.29 is 18.7 Å². The molecule has 0 aliphatic rings. The standard InChI is InChI=1S/C25H25FN4O3S3/c1-4-6-18-11-16(12-34-18)22-28-29-25(30(22)5-2)36-14-20(31)27-23-21(24(32)33-3)19(13-35-23)15-7-9-17(26)10-8-15/h7-13H,4-6,14H2,1-3H3,(H,27,31). The third-order valence-corrected chi connectivity index (χ3v) is 8.22. The van der Waals surface area contributed by atoms with Crippen LogP contribution in [0, 0.1) is 5.82 Å². The average molecular weight is 545 g/mol. The van der Waals surface area contributed by atoms with E-state index >= 15 is 0 Å². The second-order valence-corrected chi connectivity index (χ2v) is 10.6. The van der Waals surface area contributed by atoms with Crippen LogP contribution in [0.2, 0.25) is 0 Å². The molecule has 1 N–H and O–H groups in total. The molecule has 0 atom stereocenters. The summed E-state index contributed by atoms with van der Waals surface area (Å²) in [7, 11) is 1.28. The number of nitrogens with zero attached hydrogens (tertiary/aromatic N) is 3. The van der Waals surface area contributed by atoms with Gasteiger partial charge in [-0.3, -0.25) is 4.79 Å². The second-order valence-electron chi connectivity index (χ2n) is 7.79. The molecule has 11 heteroatoms. The van der Waals surface area contributed by atoms with Gasteiger partial charge in [-0.15, -0.1) is 32.9 Å². The number of aryl methyl sites for hydroxylation is 1. The first-order valence-corrected chi connectivity index (χ1v) is 14.1. The molecule has 0 saturated heterocycles. The number of ether oxygens (including phenoxy) is 1. The van der Waals surface area contributed by atoms with Gasteiger partial charge < -0.3 is 14.6 Å². The van der Waals surface area contributed by atoms with Gasteiger partial charge in [0.15, 0.2) is 11.0 Å². The molecule has 3 aromatic heterocycles.